The predicted molar refractivity (Wildman–Crippen MR) is 59.4 cm³/mol. The normalized spacial score (nSPS) is 13.6. The Balaban J connectivity index is 0.000000963. The van der Waals surface area contributed by atoms with Crippen LogP contribution in [0.1, 0.15) is 16.9 Å². The van der Waals surface area contributed by atoms with Crippen molar-refractivity contribution in [1.29, 1.82) is 0 Å². The fourth-order valence-corrected chi connectivity index (χ4v) is 1.97. The summed E-state index contributed by atoms with van der Waals surface area (Å²) in [6.45, 7) is 0.854. The fraction of sp³-hybridized carbons (Fsp3) is 0.154. The second-order valence-electron chi connectivity index (χ2n) is 3.61. The van der Waals surface area contributed by atoms with Gasteiger partial charge >= 0.3 is 0 Å². The average molecular weight is 233 g/mol. The zero-order chi connectivity index (χ0) is 10.1. The molecular weight excluding hydrogens is 222 g/mol. The zero-order valence-electron chi connectivity index (χ0n) is 8.69. The van der Waals surface area contributed by atoms with Gasteiger partial charge in [0.2, 0.25) is 0 Å². The van der Waals surface area contributed by atoms with E-state index in [1.807, 2.05) is 18.2 Å². The van der Waals surface area contributed by atoms with Gasteiger partial charge in [-0.25, -0.2) is 0 Å². The average Bonchev–Trinajstić information content (AvgIpc) is 2.82. The Morgan fingerprint density at radius 3 is 2.75 bits per heavy atom. The third-order valence-electron chi connectivity index (χ3n) is 2.68. The van der Waals surface area contributed by atoms with Crippen molar-refractivity contribution in [3.05, 3.63) is 59.5 Å². The summed E-state index contributed by atoms with van der Waals surface area (Å²) in [5.74, 6) is 0.863. The molecule has 1 aliphatic rings. The van der Waals surface area contributed by atoms with E-state index in [0.29, 0.717) is 0 Å². The molecule has 0 saturated heterocycles. The molecule has 3 heteroatoms. The van der Waals surface area contributed by atoms with E-state index in [4.69, 9.17) is 4.42 Å². The van der Waals surface area contributed by atoms with Crippen molar-refractivity contribution in [3.63, 3.8) is 0 Å². The van der Waals surface area contributed by atoms with Crippen molar-refractivity contribution in [2.24, 2.45) is 4.99 Å². The summed E-state index contributed by atoms with van der Waals surface area (Å²) >= 11 is 0. The number of rotatable bonds is 1. The molecule has 0 fully saturated rings. The maximum Gasteiger partial charge on any atom is 0.152 e. The van der Waals surface area contributed by atoms with Gasteiger partial charge in [0.25, 0.3) is 0 Å². The van der Waals surface area contributed by atoms with Crippen LogP contribution in [0.15, 0.2) is 52.1 Å². The molecule has 16 heavy (non-hydrogen) atoms. The van der Waals surface area contributed by atoms with Crippen LogP contribution >= 0.6 is 0 Å². The standard InChI is InChI=1S/C13H11NO.ClH/c1-2-5-11-10(4-1)7-8-14-13(11)12-6-3-9-15-12;/h1-6,9H,7-8H2;1H/p-1. The van der Waals surface area contributed by atoms with E-state index < -0.39 is 0 Å². The van der Waals surface area contributed by atoms with Crippen LogP contribution in [0.2, 0.25) is 0 Å². The first-order chi connectivity index (χ1) is 7.45. The van der Waals surface area contributed by atoms with E-state index in [1.54, 1.807) is 6.26 Å². The maximum atomic E-state index is 5.40. The predicted octanol–water partition coefficient (Wildman–Crippen LogP) is -0.323. The highest BCUT2D eigenvalue weighted by atomic mass is 35.5. The second-order valence-corrected chi connectivity index (χ2v) is 3.61. The quantitative estimate of drug-likeness (QED) is 0.662. The van der Waals surface area contributed by atoms with Crippen LogP contribution in [0.25, 0.3) is 0 Å². The molecule has 0 N–H and O–H groups in total. The molecule has 1 aliphatic heterocycles. The molecule has 0 radical (unpaired) electrons. The summed E-state index contributed by atoms with van der Waals surface area (Å²) in [5.41, 5.74) is 3.56. The molecule has 2 nitrogen and oxygen atoms in total. The Labute approximate surface area is 100 Å². The van der Waals surface area contributed by atoms with E-state index in [0.717, 1.165) is 24.4 Å². The minimum atomic E-state index is 0. The lowest BCUT2D eigenvalue weighted by atomic mass is 9.96. The first-order valence-electron chi connectivity index (χ1n) is 5.12. The minimum absolute atomic E-state index is 0. The first kappa shape index (κ1) is 11.0. The van der Waals surface area contributed by atoms with Crippen LogP contribution in [0.4, 0.5) is 0 Å². The third-order valence-corrected chi connectivity index (χ3v) is 2.68. The van der Waals surface area contributed by atoms with Gasteiger partial charge in [0.15, 0.2) is 5.76 Å². The van der Waals surface area contributed by atoms with E-state index in [2.05, 4.69) is 23.2 Å². The second kappa shape index (κ2) is 4.54. The molecular formula is C13H11ClNO-. The smallest absolute Gasteiger partial charge is 0.152 e. The van der Waals surface area contributed by atoms with Gasteiger partial charge in [0, 0.05) is 12.1 Å². The zero-order valence-corrected chi connectivity index (χ0v) is 9.45. The monoisotopic (exact) mass is 232 g/mol. The van der Waals surface area contributed by atoms with E-state index in [9.17, 15) is 0 Å². The number of fused-ring (bicyclic) bond motifs is 1. The number of hydrogen-bond acceptors (Lipinski definition) is 2. The Hall–Kier alpha value is -1.54. The number of halogens is 1. The molecule has 0 spiro atoms. The van der Waals surface area contributed by atoms with Gasteiger partial charge < -0.3 is 16.8 Å². The molecule has 2 aromatic rings. The SMILES string of the molecule is [Cl-].c1coc(C2=NCCc3ccccc32)c1. The van der Waals surface area contributed by atoms with E-state index >= 15 is 0 Å². The Bertz CT molecular complexity index is 502. The number of aliphatic imine (C=N–C) groups is 1. The van der Waals surface area contributed by atoms with Crippen molar-refractivity contribution in [2.75, 3.05) is 6.54 Å². The minimum Gasteiger partial charge on any atom is -1.00 e. The lowest BCUT2D eigenvalue weighted by Gasteiger charge is -2.14. The van der Waals surface area contributed by atoms with Gasteiger partial charge in [-0.1, -0.05) is 24.3 Å². The Kier molecular flexibility index (Phi) is 3.11. The van der Waals surface area contributed by atoms with Crippen molar-refractivity contribution in [1.82, 2.24) is 0 Å². The molecule has 0 bridgehead atoms. The van der Waals surface area contributed by atoms with Gasteiger partial charge in [-0.15, -0.1) is 0 Å². The van der Waals surface area contributed by atoms with Gasteiger partial charge in [-0.2, -0.15) is 0 Å². The highest BCUT2D eigenvalue weighted by Crippen LogP contribution is 2.20. The molecule has 0 amide bonds. The van der Waals surface area contributed by atoms with Crippen LogP contribution in [0.3, 0.4) is 0 Å². The summed E-state index contributed by atoms with van der Waals surface area (Å²) < 4.78 is 5.40. The number of furan rings is 1. The lowest BCUT2D eigenvalue weighted by Crippen LogP contribution is -3.00. The lowest BCUT2D eigenvalue weighted by molar-refractivity contribution is -0.00000339. The van der Waals surface area contributed by atoms with Crippen molar-refractivity contribution >= 4 is 5.71 Å². The van der Waals surface area contributed by atoms with E-state index in [1.165, 1.54) is 11.1 Å². The number of hydrogen-bond donors (Lipinski definition) is 0. The summed E-state index contributed by atoms with van der Waals surface area (Å²) in [5, 5.41) is 0. The van der Waals surface area contributed by atoms with Gasteiger partial charge in [0.1, 0.15) is 5.71 Å². The van der Waals surface area contributed by atoms with Crippen LogP contribution in [0, 0.1) is 0 Å². The number of nitrogens with zero attached hydrogens (tertiary/aromatic N) is 1. The Morgan fingerprint density at radius 2 is 1.94 bits per heavy atom. The molecule has 1 aromatic heterocycles. The molecule has 0 aliphatic carbocycles. The molecule has 0 atom stereocenters. The van der Waals surface area contributed by atoms with Crippen LogP contribution < -0.4 is 12.4 Å². The molecule has 0 saturated carbocycles. The van der Waals surface area contributed by atoms with Crippen molar-refractivity contribution in [2.45, 2.75) is 6.42 Å². The molecule has 3 rings (SSSR count). The van der Waals surface area contributed by atoms with Crippen molar-refractivity contribution < 1.29 is 16.8 Å². The van der Waals surface area contributed by atoms with E-state index in [-0.39, 0.29) is 12.4 Å². The highest BCUT2D eigenvalue weighted by Gasteiger charge is 2.16. The van der Waals surface area contributed by atoms with Gasteiger partial charge in [-0.3, -0.25) is 4.99 Å². The highest BCUT2D eigenvalue weighted by molar-refractivity contribution is 6.12. The topological polar surface area (TPSA) is 25.5 Å². The van der Waals surface area contributed by atoms with Crippen LogP contribution in [-0.4, -0.2) is 12.3 Å². The van der Waals surface area contributed by atoms with Crippen LogP contribution in [0.5, 0.6) is 0 Å². The third kappa shape index (κ3) is 1.76. The summed E-state index contributed by atoms with van der Waals surface area (Å²) in [7, 11) is 0. The summed E-state index contributed by atoms with van der Waals surface area (Å²) in [6, 6.07) is 12.2. The van der Waals surface area contributed by atoms with Gasteiger partial charge in [0.05, 0.1) is 6.26 Å². The largest absolute Gasteiger partial charge is 1.00 e. The maximum absolute atomic E-state index is 5.40. The molecule has 2 heterocycles. The molecule has 82 valence electrons. The Morgan fingerprint density at radius 1 is 1.06 bits per heavy atom. The summed E-state index contributed by atoms with van der Waals surface area (Å²) in [4.78, 5) is 4.54. The molecule has 1 aromatic carbocycles. The summed E-state index contributed by atoms with van der Waals surface area (Å²) in [6.07, 6.45) is 2.72. The van der Waals surface area contributed by atoms with Gasteiger partial charge in [-0.05, 0) is 24.1 Å². The van der Waals surface area contributed by atoms with Crippen molar-refractivity contribution in [3.8, 4) is 0 Å². The number of benzene rings is 1. The fourth-order valence-electron chi connectivity index (χ4n) is 1.97. The van der Waals surface area contributed by atoms with Crippen LogP contribution in [-0.2, 0) is 6.42 Å². The first-order valence-corrected chi connectivity index (χ1v) is 5.12. The molecule has 0 unspecified atom stereocenters.